The Morgan fingerprint density at radius 1 is 1.14 bits per heavy atom. The zero-order valence-electron chi connectivity index (χ0n) is 17.5. The molecule has 0 spiro atoms. The van der Waals surface area contributed by atoms with Crippen molar-refractivity contribution in [2.45, 2.75) is 46.7 Å². The molecular formula is C23H29FN2O3. The topological polar surface area (TPSA) is 58.6 Å². The lowest BCUT2D eigenvalue weighted by atomic mass is 10.1. The van der Waals surface area contributed by atoms with Crippen LogP contribution in [0.2, 0.25) is 0 Å². The number of halogens is 1. The number of hydrogen-bond acceptors (Lipinski definition) is 3. The van der Waals surface area contributed by atoms with Gasteiger partial charge in [0, 0.05) is 13.1 Å². The quantitative estimate of drug-likeness (QED) is 0.697. The first-order valence-corrected chi connectivity index (χ1v) is 9.84. The van der Waals surface area contributed by atoms with Crippen molar-refractivity contribution in [3.05, 3.63) is 65.0 Å². The maximum atomic E-state index is 13.2. The summed E-state index contributed by atoms with van der Waals surface area (Å²) < 4.78 is 19.0. The Morgan fingerprint density at radius 2 is 1.83 bits per heavy atom. The van der Waals surface area contributed by atoms with Gasteiger partial charge in [0.1, 0.15) is 17.6 Å². The van der Waals surface area contributed by atoms with Crippen molar-refractivity contribution in [1.29, 1.82) is 0 Å². The Hall–Kier alpha value is -2.89. The molecular weight excluding hydrogens is 371 g/mol. The Kier molecular flexibility index (Phi) is 8.19. The molecule has 0 aliphatic carbocycles. The number of benzene rings is 2. The van der Waals surface area contributed by atoms with Gasteiger partial charge in [0.2, 0.25) is 5.91 Å². The minimum absolute atomic E-state index is 0.184. The molecule has 2 amide bonds. The van der Waals surface area contributed by atoms with Crippen LogP contribution < -0.4 is 10.1 Å². The summed E-state index contributed by atoms with van der Waals surface area (Å²) in [5.41, 5.74) is 2.78. The second kappa shape index (κ2) is 10.6. The van der Waals surface area contributed by atoms with Crippen LogP contribution in [0.15, 0.2) is 42.5 Å². The van der Waals surface area contributed by atoms with E-state index in [2.05, 4.69) is 5.32 Å². The van der Waals surface area contributed by atoms with Crippen LogP contribution >= 0.6 is 0 Å². The predicted octanol–water partition coefficient (Wildman–Crippen LogP) is 3.76. The van der Waals surface area contributed by atoms with E-state index in [9.17, 15) is 14.0 Å². The van der Waals surface area contributed by atoms with E-state index in [4.69, 9.17) is 4.74 Å². The molecule has 0 heterocycles. The number of carbonyl (C=O) groups excluding carboxylic acids is 2. The van der Waals surface area contributed by atoms with Gasteiger partial charge in [0.05, 0.1) is 0 Å². The van der Waals surface area contributed by atoms with Gasteiger partial charge in [0.25, 0.3) is 5.91 Å². The molecule has 6 heteroatoms. The van der Waals surface area contributed by atoms with Crippen molar-refractivity contribution in [1.82, 2.24) is 10.2 Å². The zero-order valence-corrected chi connectivity index (χ0v) is 17.5. The first-order chi connectivity index (χ1) is 13.8. The number of amides is 2. The highest BCUT2D eigenvalue weighted by Gasteiger charge is 2.26. The molecule has 2 rings (SSSR count). The molecule has 0 aromatic heterocycles. The van der Waals surface area contributed by atoms with Crippen LogP contribution in [0, 0.1) is 19.7 Å². The van der Waals surface area contributed by atoms with Crippen molar-refractivity contribution < 1.29 is 18.7 Å². The highest BCUT2D eigenvalue weighted by atomic mass is 19.1. The van der Waals surface area contributed by atoms with Gasteiger partial charge in [-0.2, -0.15) is 0 Å². The van der Waals surface area contributed by atoms with E-state index >= 15 is 0 Å². The fraction of sp³-hybridized carbons (Fsp3) is 0.391. The molecule has 0 unspecified atom stereocenters. The molecule has 0 aliphatic rings. The lowest BCUT2D eigenvalue weighted by Crippen LogP contribution is -2.49. The van der Waals surface area contributed by atoms with Gasteiger partial charge in [-0.05, 0) is 62.1 Å². The van der Waals surface area contributed by atoms with Gasteiger partial charge in [0.15, 0.2) is 6.61 Å². The molecule has 0 saturated heterocycles. The number of carbonyl (C=O) groups is 2. The molecule has 0 radical (unpaired) electrons. The lowest BCUT2D eigenvalue weighted by molar-refractivity contribution is -0.142. The maximum Gasteiger partial charge on any atom is 0.261 e. The van der Waals surface area contributed by atoms with E-state index in [-0.39, 0.29) is 30.8 Å². The largest absolute Gasteiger partial charge is 0.483 e. The van der Waals surface area contributed by atoms with Crippen molar-refractivity contribution in [2.24, 2.45) is 0 Å². The van der Waals surface area contributed by atoms with Crippen LogP contribution in [0.4, 0.5) is 4.39 Å². The Morgan fingerprint density at radius 3 is 2.48 bits per heavy atom. The van der Waals surface area contributed by atoms with Crippen LogP contribution in [-0.4, -0.2) is 35.9 Å². The lowest BCUT2D eigenvalue weighted by Gasteiger charge is -2.29. The smallest absolute Gasteiger partial charge is 0.261 e. The molecule has 156 valence electrons. The minimum Gasteiger partial charge on any atom is -0.483 e. The third kappa shape index (κ3) is 6.31. The van der Waals surface area contributed by atoms with E-state index in [1.165, 1.54) is 17.0 Å². The standard InChI is InChI=1S/C23H29FN2O3/c1-5-13-25-23(28)18(4)26(14-19-9-11-20(24)12-10-19)22(27)15-29-21-8-6-7-16(2)17(21)3/h6-12,18H,5,13-15H2,1-4H3,(H,25,28)/t18-/m0/s1. The van der Waals surface area contributed by atoms with E-state index in [0.717, 1.165) is 23.1 Å². The number of ether oxygens (including phenoxy) is 1. The molecule has 0 bridgehead atoms. The van der Waals surface area contributed by atoms with Gasteiger partial charge in [-0.25, -0.2) is 4.39 Å². The van der Waals surface area contributed by atoms with Gasteiger partial charge in [-0.1, -0.05) is 31.2 Å². The zero-order chi connectivity index (χ0) is 21.4. The van der Waals surface area contributed by atoms with Crippen LogP contribution in [0.1, 0.15) is 37.0 Å². The summed E-state index contributed by atoms with van der Waals surface area (Å²) in [7, 11) is 0. The fourth-order valence-electron chi connectivity index (χ4n) is 2.87. The predicted molar refractivity (Wildman–Crippen MR) is 111 cm³/mol. The first kappa shape index (κ1) is 22.4. The average molecular weight is 400 g/mol. The molecule has 1 N–H and O–H groups in total. The third-order valence-electron chi connectivity index (χ3n) is 4.89. The summed E-state index contributed by atoms with van der Waals surface area (Å²) >= 11 is 0. The first-order valence-electron chi connectivity index (χ1n) is 9.84. The Labute approximate surface area is 171 Å². The molecule has 29 heavy (non-hydrogen) atoms. The van der Waals surface area contributed by atoms with Crippen LogP contribution in [-0.2, 0) is 16.1 Å². The molecule has 0 aliphatic heterocycles. The van der Waals surface area contributed by atoms with Crippen LogP contribution in [0.25, 0.3) is 0 Å². The minimum atomic E-state index is -0.679. The highest BCUT2D eigenvalue weighted by Crippen LogP contribution is 2.21. The summed E-state index contributed by atoms with van der Waals surface area (Å²) in [6.45, 7) is 8.11. The molecule has 0 fully saturated rings. The third-order valence-corrected chi connectivity index (χ3v) is 4.89. The summed E-state index contributed by atoms with van der Waals surface area (Å²) in [4.78, 5) is 26.9. The number of nitrogens with one attached hydrogen (secondary N) is 1. The van der Waals surface area contributed by atoms with E-state index < -0.39 is 6.04 Å². The van der Waals surface area contributed by atoms with Crippen molar-refractivity contribution >= 4 is 11.8 Å². The maximum absolute atomic E-state index is 13.2. The highest BCUT2D eigenvalue weighted by molar-refractivity contribution is 5.87. The molecule has 5 nitrogen and oxygen atoms in total. The average Bonchev–Trinajstić information content (AvgIpc) is 2.71. The molecule has 1 atom stereocenters. The number of hydrogen-bond donors (Lipinski definition) is 1. The molecule has 2 aromatic carbocycles. The number of rotatable bonds is 9. The van der Waals surface area contributed by atoms with Crippen LogP contribution in [0.3, 0.4) is 0 Å². The Balaban J connectivity index is 2.15. The van der Waals surface area contributed by atoms with Gasteiger partial charge >= 0.3 is 0 Å². The number of aryl methyl sites for hydroxylation is 1. The summed E-state index contributed by atoms with van der Waals surface area (Å²) in [5, 5.41) is 2.82. The molecule has 0 saturated carbocycles. The second-order valence-electron chi connectivity index (χ2n) is 7.10. The van der Waals surface area contributed by atoms with Crippen molar-refractivity contribution in [2.75, 3.05) is 13.2 Å². The Bertz CT molecular complexity index is 837. The van der Waals surface area contributed by atoms with Gasteiger partial charge < -0.3 is 15.0 Å². The molecule has 2 aromatic rings. The van der Waals surface area contributed by atoms with E-state index in [0.29, 0.717) is 12.3 Å². The second-order valence-corrected chi connectivity index (χ2v) is 7.10. The number of nitrogens with zero attached hydrogens (tertiary/aromatic N) is 1. The fourth-order valence-corrected chi connectivity index (χ4v) is 2.87. The van der Waals surface area contributed by atoms with Crippen LogP contribution in [0.5, 0.6) is 5.75 Å². The van der Waals surface area contributed by atoms with Crippen molar-refractivity contribution in [3.63, 3.8) is 0 Å². The van der Waals surface area contributed by atoms with E-state index in [1.54, 1.807) is 19.1 Å². The van der Waals surface area contributed by atoms with Gasteiger partial charge in [-0.15, -0.1) is 0 Å². The summed E-state index contributed by atoms with van der Waals surface area (Å²) in [6.07, 6.45) is 0.806. The van der Waals surface area contributed by atoms with E-state index in [1.807, 2.05) is 39.0 Å². The monoisotopic (exact) mass is 400 g/mol. The van der Waals surface area contributed by atoms with Crippen molar-refractivity contribution in [3.8, 4) is 5.75 Å². The SMILES string of the molecule is CCCNC(=O)[C@H](C)N(Cc1ccc(F)cc1)C(=O)COc1cccc(C)c1C. The summed E-state index contributed by atoms with van der Waals surface area (Å²) in [5.74, 6) is -0.245. The van der Waals surface area contributed by atoms with Gasteiger partial charge in [-0.3, -0.25) is 9.59 Å². The normalized spacial score (nSPS) is 11.6. The summed E-state index contributed by atoms with van der Waals surface area (Å²) in [6, 6.07) is 10.9.